The van der Waals surface area contributed by atoms with Crippen molar-refractivity contribution in [2.24, 2.45) is 5.92 Å². The molecule has 1 aromatic carbocycles. The molecule has 6 nitrogen and oxygen atoms in total. The monoisotopic (exact) mass is 403 g/mol. The van der Waals surface area contributed by atoms with E-state index in [0.717, 1.165) is 37.8 Å². The summed E-state index contributed by atoms with van der Waals surface area (Å²) >= 11 is 0. The Morgan fingerprint density at radius 2 is 1.76 bits per heavy atom. The van der Waals surface area contributed by atoms with E-state index in [4.69, 9.17) is 0 Å². The fourth-order valence-corrected chi connectivity index (χ4v) is 4.04. The molecular formula is C22H30FN3O3. The summed E-state index contributed by atoms with van der Waals surface area (Å²) in [5, 5.41) is 2.97. The molecule has 0 aromatic heterocycles. The summed E-state index contributed by atoms with van der Waals surface area (Å²) in [5.74, 6) is -0.125. The van der Waals surface area contributed by atoms with Crippen molar-refractivity contribution in [2.75, 3.05) is 32.7 Å². The van der Waals surface area contributed by atoms with Gasteiger partial charge in [-0.25, -0.2) is 4.39 Å². The number of nitrogens with zero attached hydrogens (tertiary/aromatic N) is 2. The van der Waals surface area contributed by atoms with Gasteiger partial charge in [0.15, 0.2) is 0 Å². The van der Waals surface area contributed by atoms with Crippen molar-refractivity contribution in [3.63, 3.8) is 0 Å². The summed E-state index contributed by atoms with van der Waals surface area (Å²) in [6.45, 7) is 3.11. The van der Waals surface area contributed by atoms with E-state index in [-0.39, 0.29) is 29.5 Å². The summed E-state index contributed by atoms with van der Waals surface area (Å²) in [7, 11) is 0. The lowest BCUT2D eigenvalue weighted by Crippen LogP contribution is -2.46. The molecule has 0 aliphatic carbocycles. The highest BCUT2D eigenvalue weighted by molar-refractivity contribution is 5.83. The number of benzene rings is 1. The Balaban J connectivity index is 1.35. The number of nitrogens with one attached hydrogen (secondary N) is 1. The summed E-state index contributed by atoms with van der Waals surface area (Å²) < 4.78 is 12.9. The number of rotatable bonds is 9. The van der Waals surface area contributed by atoms with E-state index in [9.17, 15) is 18.8 Å². The topological polar surface area (TPSA) is 69.7 Å². The number of likely N-dealkylation sites (tertiary alicyclic amines) is 2. The molecule has 1 aromatic rings. The second-order valence-electron chi connectivity index (χ2n) is 7.93. The average Bonchev–Trinajstić information content (AvgIpc) is 3.12. The molecule has 3 rings (SSSR count). The van der Waals surface area contributed by atoms with Gasteiger partial charge in [-0.05, 0) is 49.8 Å². The average molecular weight is 403 g/mol. The first-order valence-electron chi connectivity index (χ1n) is 10.6. The fraction of sp³-hybridized carbons (Fsp3) is 0.591. The van der Waals surface area contributed by atoms with Gasteiger partial charge in [0.1, 0.15) is 5.82 Å². The first-order chi connectivity index (χ1) is 14.0. The van der Waals surface area contributed by atoms with Crippen molar-refractivity contribution in [3.05, 3.63) is 35.6 Å². The summed E-state index contributed by atoms with van der Waals surface area (Å²) in [5.41, 5.74) is 1.05. The Morgan fingerprint density at radius 3 is 2.48 bits per heavy atom. The molecule has 2 fully saturated rings. The first kappa shape index (κ1) is 21.3. The van der Waals surface area contributed by atoms with E-state index >= 15 is 0 Å². The van der Waals surface area contributed by atoms with Crippen molar-refractivity contribution < 1.29 is 18.8 Å². The number of amides is 3. The zero-order valence-corrected chi connectivity index (χ0v) is 16.9. The second kappa shape index (κ2) is 10.4. The van der Waals surface area contributed by atoms with E-state index in [0.29, 0.717) is 45.4 Å². The first-order valence-corrected chi connectivity index (χ1v) is 10.6. The van der Waals surface area contributed by atoms with Crippen LogP contribution in [0.5, 0.6) is 0 Å². The molecule has 1 atom stereocenters. The second-order valence-corrected chi connectivity index (χ2v) is 7.93. The molecule has 0 spiro atoms. The lowest BCUT2D eigenvalue weighted by molar-refractivity contribution is -0.138. The SMILES string of the molecule is O=C(NCCCc1ccc(F)cc1)[C@@H]1CCC(=O)N(CCCN2CCCC2=O)C1. The number of aryl methyl sites for hydroxylation is 1. The fourth-order valence-electron chi connectivity index (χ4n) is 4.04. The number of halogens is 1. The minimum absolute atomic E-state index is 0.00340. The van der Waals surface area contributed by atoms with Gasteiger partial charge in [-0.1, -0.05) is 12.1 Å². The maximum Gasteiger partial charge on any atom is 0.224 e. The van der Waals surface area contributed by atoms with Crippen molar-refractivity contribution in [1.29, 1.82) is 0 Å². The van der Waals surface area contributed by atoms with Crippen LogP contribution < -0.4 is 5.32 Å². The minimum Gasteiger partial charge on any atom is -0.356 e. The Labute approximate surface area is 171 Å². The standard InChI is InChI=1S/C22H30FN3O3/c23-19-9-6-17(7-10-19)4-1-12-24-22(29)18-8-11-21(28)26(16-18)15-3-14-25-13-2-5-20(25)27/h6-7,9-10,18H,1-5,8,11-16H2,(H,24,29)/t18-/m1/s1. The van der Waals surface area contributed by atoms with Crippen LogP contribution >= 0.6 is 0 Å². The molecule has 1 N–H and O–H groups in total. The smallest absolute Gasteiger partial charge is 0.224 e. The van der Waals surface area contributed by atoms with Gasteiger partial charge in [-0.2, -0.15) is 0 Å². The molecule has 2 aliphatic heterocycles. The molecule has 3 amide bonds. The third-order valence-electron chi connectivity index (χ3n) is 5.75. The predicted molar refractivity (Wildman–Crippen MR) is 107 cm³/mol. The van der Waals surface area contributed by atoms with Crippen molar-refractivity contribution in [3.8, 4) is 0 Å². The highest BCUT2D eigenvalue weighted by Crippen LogP contribution is 2.19. The molecule has 2 aliphatic rings. The molecule has 0 unspecified atom stereocenters. The number of carbonyl (C=O) groups is 3. The zero-order valence-electron chi connectivity index (χ0n) is 16.9. The third kappa shape index (κ3) is 6.27. The number of carbonyl (C=O) groups excluding carboxylic acids is 3. The number of hydrogen-bond acceptors (Lipinski definition) is 3. The Kier molecular flexibility index (Phi) is 7.61. The van der Waals surface area contributed by atoms with Crippen LogP contribution in [0, 0.1) is 11.7 Å². The normalized spacial score (nSPS) is 19.7. The molecule has 158 valence electrons. The molecule has 2 heterocycles. The molecular weight excluding hydrogens is 373 g/mol. The third-order valence-corrected chi connectivity index (χ3v) is 5.75. The van der Waals surface area contributed by atoms with Gasteiger partial charge in [0.2, 0.25) is 17.7 Å². The summed E-state index contributed by atoms with van der Waals surface area (Å²) in [4.78, 5) is 40.0. The maximum absolute atomic E-state index is 12.9. The van der Waals surface area contributed by atoms with Crippen molar-refractivity contribution in [2.45, 2.75) is 44.9 Å². The highest BCUT2D eigenvalue weighted by atomic mass is 19.1. The van der Waals surface area contributed by atoms with Crippen LogP contribution in [0.25, 0.3) is 0 Å². The molecule has 29 heavy (non-hydrogen) atoms. The quantitative estimate of drug-likeness (QED) is 0.642. The summed E-state index contributed by atoms with van der Waals surface area (Å²) in [6.07, 6.45) is 4.86. The van der Waals surface area contributed by atoms with Crippen LogP contribution in [-0.4, -0.2) is 60.2 Å². The minimum atomic E-state index is -0.245. The van der Waals surface area contributed by atoms with Gasteiger partial charge in [0, 0.05) is 45.6 Å². The van der Waals surface area contributed by atoms with E-state index < -0.39 is 0 Å². The van der Waals surface area contributed by atoms with Crippen molar-refractivity contribution >= 4 is 17.7 Å². The number of hydrogen-bond donors (Lipinski definition) is 1. The molecule has 2 saturated heterocycles. The zero-order chi connectivity index (χ0) is 20.6. The van der Waals surface area contributed by atoms with Crippen LogP contribution in [0.15, 0.2) is 24.3 Å². The van der Waals surface area contributed by atoms with Gasteiger partial charge in [-0.15, -0.1) is 0 Å². The molecule has 0 saturated carbocycles. The van der Waals surface area contributed by atoms with Gasteiger partial charge in [-0.3, -0.25) is 14.4 Å². The predicted octanol–water partition coefficient (Wildman–Crippen LogP) is 2.13. The van der Waals surface area contributed by atoms with E-state index in [1.54, 1.807) is 17.0 Å². The van der Waals surface area contributed by atoms with Gasteiger partial charge >= 0.3 is 0 Å². The van der Waals surface area contributed by atoms with Crippen molar-refractivity contribution in [1.82, 2.24) is 15.1 Å². The van der Waals surface area contributed by atoms with Gasteiger partial charge in [0.25, 0.3) is 0 Å². The van der Waals surface area contributed by atoms with E-state index in [1.165, 1.54) is 12.1 Å². The largest absolute Gasteiger partial charge is 0.356 e. The van der Waals surface area contributed by atoms with Crippen LogP contribution in [0.4, 0.5) is 4.39 Å². The van der Waals surface area contributed by atoms with Crippen LogP contribution in [0.1, 0.15) is 44.1 Å². The van der Waals surface area contributed by atoms with Crippen LogP contribution in [0.3, 0.4) is 0 Å². The van der Waals surface area contributed by atoms with E-state index in [1.807, 2.05) is 4.90 Å². The van der Waals surface area contributed by atoms with Crippen LogP contribution in [0.2, 0.25) is 0 Å². The Morgan fingerprint density at radius 1 is 1.03 bits per heavy atom. The Hall–Kier alpha value is -2.44. The Bertz CT molecular complexity index is 723. The lowest BCUT2D eigenvalue weighted by Gasteiger charge is -2.32. The van der Waals surface area contributed by atoms with Gasteiger partial charge < -0.3 is 15.1 Å². The van der Waals surface area contributed by atoms with Crippen LogP contribution in [-0.2, 0) is 20.8 Å². The number of piperidine rings is 1. The van der Waals surface area contributed by atoms with Gasteiger partial charge in [0.05, 0.1) is 5.92 Å². The highest BCUT2D eigenvalue weighted by Gasteiger charge is 2.30. The lowest BCUT2D eigenvalue weighted by atomic mass is 9.96. The molecule has 7 heteroatoms. The van der Waals surface area contributed by atoms with E-state index in [2.05, 4.69) is 5.32 Å². The maximum atomic E-state index is 12.9. The summed E-state index contributed by atoms with van der Waals surface area (Å²) in [6, 6.07) is 6.41. The molecule has 0 bridgehead atoms. The molecule has 0 radical (unpaired) electrons.